The average molecular weight is 309 g/mol. The van der Waals surface area contributed by atoms with E-state index in [9.17, 15) is 4.79 Å². The maximum atomic E-state index is 13.1. The summed E-state index contributed by atoms with van der Waals surface area (Å²) in [6, 6.07) is 4.00. The van der Waals surface area contributed by atoms with Crippen LogP contribution in [-0.4, -0.2) is 45.9 Å². The Morgan fingerprint density at radius 2 is 1.87 bits per heavy atom. The summed E-state index contributed by atoms with van der Waals surface area (Å²) in [6.07, 6.45) is 10.3. The normalized spacial score (nSPS) is 23.8. The van der Waals surface area contributed by atoms with E-state index in [0.29, 0.717) is 0 Å². The fourth-order valence-electron chi connectivity index (χ4n) is 3.85. The first-order valence-corrected chi connectivity index (χ1v) is 7.89. The third-order valence-electron chi connectivity index (χ3n) is 5.13. The Morgan fingerprint density at radius 1 is 1.13 bits per heavy atom. The van der Waals surface area contributed by atoms with E-state index in [0.717, 1.165) is 37.2 Å². The van der Waals surface area contributed by atoms with Gasteiger partial charge in [-0.05, 0) is 44.6 Å². The summed E-state index contributed by atoms with van der Waals surface area (Å²) in [7, 11) is 2.11. The number of rotatable bonds is 2. The van der Waals surface area contributed by atoms with Gasteiger partial charge in [-0.1, -0.05) is 6.07 Å². The smallest absolute Gasteiger partial charge is 0.236 e. The molecule has 0 aromatic carbocycles. The van der Waals surface area contributed by atoms with Gasteiger partial charge in [-0.2, -0.15) is 0 Å². The molecule has 4 heterocycles. The van der Waals surface area contributed by atoms with E-state index in [4.69, 9.17) is 0 Å². The monoisotopic (exact) mass is 309 g/mol. The second kappa shape index (κ2) is 5.38. The zero-order valence-electron chi connectivity index (χ0n) is 13.1. The lowest BCUT2D eigenvalue weighted by atomic mass is 9.62. The summed E-state index contributed by atoms with van der Waals surface area (Å²) >= 11 is 0. The van der Waals surface area contributed by atoms with Crippen molar-refractivity contribution in [2.24, 2.45) is 5.41 Å². The molecule has 4 rings (SSSR count). The Morgan fingerprint density at radius 3 is 2.52 bits per heavy atom. The van der Waals surface area contributed by atoms with Gasteiger partial charge in [0, 0.05) is 12.4 Å². The molecule has 2 aliphatic heterocycles. The number of amides is 1. The highest BCUT2D eigenvalue weighted by atomic mass is 16.2. The zero-order valence-corrected chi connectivity index (χ0v) is 13.1. The molecule has 2 aromatic rings. The number of β-lactam (4-membered cyclic amide) rings is 1. The minimum atomic E-state index is -0.314. The van der Waals surface area contributed by atoms with Crippen molar-refractivity contribution in [3.05, 3.63) is 48.8 Å². The van der Waals surface area contributed by atoms with Crippen LogP contribution in [0.25, 0.3) is 0 Å². The van der Waals surface area contributed by atoms with E-state index in [1.165, 1.54) is 6.33 Å². The van der Waals surface area contributed by atoms with E-state index in [-0.39, 0.29) is 17.4 Å². The fourth-order valence-corrected chi connectivity index (χ4v) is 3.85. The standard InChI is InChI=1S/C17H19N5O/c1-21-7-4-17(5-8-21)15(13-3-2-6-18-9-13)22(16(17)23)14-10-19-12-20-11-14/h2-3,6,9-12,15H,4-5,7-8H2,1H3. The van der Waals surface area contributed by atoms with Gasteiger partial charge in [0.1, 0.15) is 6.33 Å². The summed E-state index contributed by atoms with van der Waals surface area (Å²) < 4.78 is 0. The van der Waals surface area contributed by atoms with Crippen LogP contribution in [-0.2, 0) is 4.79 Å². The van der Waals surface area contributed by atoms with E-state index in [1.54, 1.807) is 18.6 Å². The molecule has 1 spiro atoms. The summed E-state index contributed by atoms with van der Waals surface area (Å²) in [6.45, 7) is 1.89. The molecule has 6 nitrogen and oxygen atoms in total. The van der Waals surface area contributed by atoms with Crippen molar-refractivity contribution in [1.29, 1.82) is 0 Å². The zero-order chi connectivity index (χ0) is 15.9. The topological polar surface area (TPSA) is 62.2 Å². The summed E-state index contributed by atoms with van der Waals surface area (Å²) in [5.41, 5.74) is 1.53. The number of hydrogen-bond donors (Lipinski definition) is 0. The number of anilines is 1. The van der Waals surface area contributed by atoms with Crippen LogP contribution in [0.5, 0.6) is 0 Å². The Hall–Kier alpha value is -2.34. The molecule has 1 atom stereocenters. The molecule has 0 aliphatic carbocycles. The van der Waals surface area contributed by atoms with Gasteiger partial charge in [0.05, 0.1) is 29.5 Å². The molecule has 2 aliphatic rings. The number of likely N-dealkylation sites (tertiary alicyclic amines) is 1. The summed E-state index contributed by atoms with van der Waals surface area (Å²) in [4.78, 5) is 29.6. The number of pyridine rings is 1. The predicted molar refractivity (Wildman–Crippen MR) is 85.7 cm³/mol. The summed E-state index contributed by atoms with van der Waals surface area (Å²) in [5.74, 6) is 0.189. The van der Waals surface area contributed by atoms with Crippen LogP contribution in [0.4, 0.5) is 5.69 Å². The van der Waals surface area contributed by atoms with Crippen molar-refractivity contribution < 1.29 is 4.79 Å². The maximum Gasteiger partial charge on any atom is 0.236 e. The second-order valence-electron chi connectivity index (χ2n) is 6.42. The van der Waals surface area contributed by atoms with Crippen LogP contribution in [0.3, 0.4) is 0 Å². The van der Waals surface area contributed by atoms with Crippen molar-refractivity contribution in [2.45, 2.75) is 18.9 Å². The number of hydrogen-bond acceptors (Lipinski definition) is 5. The largest absolute Gasteiger partial charge is 0.306 e. The SMILES string of the molecule is CN1CCC2(CC1)C(=O)N(c1cncnc1)C2c1cccnc1. The quantitative estimate of drug-likeness (QED) is 0.790. The van der Waals surface area contributed by atoms with Crippen molar-refractivity contribution in [3.8, 4) is 0 Å². The average Bonchev–Trinajstić information content (AvgIpc) is 2.61. The van der Waals surface area contributed by atoms with Gasteiger partial charge in [0.25, 0.3) is 0 Å². The molecule has 2 saturated heterocycles. The van der Waals surface area contributed by atoms with Crippen LogP contribution in [0.15, 0.2) is 43.2 Å². The molecule has 118 valence electrons. The van der Waals surface area contributed by atoms with Gasteiger partial charge in [0.2, 0.25) is 5.91 Å². The van der Waals surface area contributed by atoms with Crippen LogP contribution in [0, 0.1) is 5.41 Å². The molecule has 6 heteroatoms. The number of aromatic nitrogens is 3. The second-order valence-corrected chi connectivity index (χ2v) is 6.42. The van der Waals surface area contributed by atoms with Gasteiger partial charge in [-0.15, -0.1) is 0 Å². The molecule has 2 fully saturated rings. The van der Waals surface area contributed by atoms with Gasteiger partial charge < -0.3 is 9.80 Å². The minimum absolute atomic E-state index is 0.0170. The Bertz CT molecular complexity index is 697. The van der Waals surface area contributed by atoms with Crippen LogP contribution in [0.1, 0.15) is 24.4 Å². The molecular formula is C17H19N5O. The molecule has 2 aromatic heterocycles. The Kier molecular flexibility index (Phi) is 3.34. The lowest BCUT2D eigenvalue weighted by Crippen LogP contribution is -2.66. The van der Waals surface area contributed by atoms with Gasteiger partial charge in [-0.25, -0.2) is 9.97 Å². The van der Waals surface area contributed by atoms with Crippen LogP contribution < -0.4 is 4.90 Å². The van der Waals surface area contributed by atoms with E-state index in [2.05, 4.69) is 33.0 Å². The van der Waals surface area contributed by atoms with E-state index < -0.39 is 0 Å². The first-order chi connectivity index (χ1) is 11.2. The molecule has 1 amide bonds. The molecule has 0 bridgehead atoms. The number of carbonyl (C=O) groups excluding carboxylic acids is 1. The Labute approximate surface area is 135 Å². The first kappa shape index (κ1) is 14.3. The van der Waals surface area contributed by atoms with Gasteiger partial charge in [0.15, 0.2) is 0 Å². The predicted octanol–water partition coefficient (Wildman–Crippen LogP) is 1.67. The molecule has 1 unspecified atom stereocenters. The van der Waals surface area contributed by atoms with Crippen molar-refractivity contribution in [2.75, 3.05) is 25.0 Å². The molecule has 23 heavy (non-hydrogen) atoms. The third-order valence-corrected chi connectivity index (χ3v) is 5.13. The Balaban J connectivity index is 1.75. The number of nitrogens with zero attached hydrogens (tertiary/aromatic N) is 5. The summed E-state index contributed by atoms with van der Waals surface area (Å²) in [5, 5.41) is 0. The van der Waals surface area contributed by atoms with E-state index >= 15 is 0 Å². The molecular weight excluding hydrogens is 290 g/mol. The fraction of sp³-hybridized carbons (Fsp3) is 0.412. The highest BCUT2D eigenvalue weighted by molar-refractivity contribution is 6.06. The van der Waals surface area contributed by atoms with Crippen LogP contribution >= 0.6 is 0 Å². The highest BCUT2D eigenvalue weighted by Gasteiger charge is 2.61. The highest BCUT2D eigenvalue weighted by Crippen LogP contribution is 2.56. The molecule has 0 N–H and O–H groups in total. The minimum Gasteiger partial charge on any atom is -0.306 e. The molecule has 0 radical (unpaired) electrons. The van der Waals surface area contributed by atoms with Crippen molar-refractivity contribution in [1.82, 2.24) is 19.9 Å². The van der Waals surface area contributed by atoms with Crippen LogP contribution in [0.2, 0.25) is 0 Å². The van der Waals surface area contributed by atoms with Crippen molar-refractivity contribution >= 4 is 11.6 Å². The number of piperidine rings is 1. The lowest BCUT2D eigenvalue weighted by molar-refractivity contribution is -0.144. The maximum absolute atomic E-state index is 13.1. The number of carbonyl (C=O) groups is 1. The van der Waals surface area contributed by atoms with Crippen molar-refractivity contribution in [3.63, 3.8) is 0 Å². The third kappa shape index (κ3) is 2.13. The molecule has 0 saturated carbocycles. The van der Waals surface area contributed by atoms with Gasteiger partial charge in [-0.3, -0.25) is 9.78 Å². The van der Waals surface area contributed by atoms with Gasteiger partial charge >= 0.3 is 0 Å². The lowest BCUT2D eigenvalue weighted by Gasteiger charge is -2.58. The first-order valence-electron chi connectivity index (χ1n) is 7.89. The van der Waals surface area contributed by atoms with E-state index in [1.807, 2.05) is 17.2 Å².